The maximum absolute atomic E-state index is 12.9. The monoisotopic (exact) mass is 405 g/mol. The van der Waals surface area contributed by atoms with E-state index in [0.717, 1.165) is 28.2 Å². The van der Waals surface area contributed by atoms with E-state index in [-0.39, 0.29) is 18.0 Å². The molecular formula is C21H19N5O2S. The van der Waals surface area contributed by atoms with Crippen molar-refractivity contribution in [1.82, 2.24) is 24.2 Å². The molecule has 4 rings (SSSR count). The van der Waals surface area contributed by atoms with Crippen LogP contribution >= 0.6 is 11.5 Å². The third-order valence-electron chi connectivity index (χ3n) is 4.64. The topological polar surface area (TPSA) is 89.8 Å². The third kappa shape index (κ3) is 3.93. The first kappa shape index (κ1) is 18.9. The molecule has 0 atom stereocenters. The molecule has 0 aliphatic heterocycles. The van der Waals surface area contributed by atoms with Crippen LogP contribution in [0.4, 0.5) is 0 Å². The molecule has 3 heterocycles. The van der Waals surface area contributed by atoms with E-state index in [1.54, 1.807) is 19.3 Å². The molecule has 0 saturated heterocycles. The molecule has 0 bridgehead atoms. The van der Waals surface area contributed by atoms with Crippen LogP contribution in [0.1, 0.15) is 17.0 Å². The zero-order valence-electron chi connectivity index (χ0n) is 16.0. The predicted molar refractivity (Wildman–Crippen MR) is 113 cm³/mol. The molecule has 0 aliphatic carbocycles. The van der Waals surface area contributed by atoms with Crippen LogP contribution in [0.3, 0.4) is 0 Å². The predicted octanol–water partition coefficient (Wildman–Crippen LogP) is 2.85. The van der Waals surface area contributed by atoms with Crippen LogP contribution in [0.25, 0.3) is 21.5 Å². The zero-order valence-corrected chi connectivity index (χ0v) is 16.9. The standard InChI is InChI=1S/C21H19N5O2S/c1-13-3-5-15(6-4-13)11-23-17(27)12-26-14(2)24-19-18(16-7-9-22-10-8-16)25-29-20(19)21(26)28/h3-10H,11-12H2,1-2H3,(H,23,27). The smallest absolute Gasteiger partial charge is 0.273 e. The highest BCUT2D eigenvalue weighted by Gasteiger charge is 2.17. The molecule has 4 aromatic rings. The SMILES string of the molecule is Cc1ccc(CNC(=O)Cn2c(C)nc3c(-c4ccncc4)nsc3c2=O)cc1. The van der Waals surface area contributed by atoms with Crippen molar-refractivity contribution >= 4 is 27.7 Å². The highest BCUT2D eigenvalue weighted by Crippen LogP contribution is 2.27. The number of aromatic nitrogens is 4. The summed E-state index contributed by atoms with van der Waals surface area (Å²) in [5.74, 6) is 0.235. The van der Waals surface area contributed by atoms with Crippen molar-refractivity contribution < 1.29 is 4.79 Å². The van der Waals surface area contributed by atoms with Crippen molar-refractivity contribution in [3.05, 3.63) is 76.1 Å². The summed E-state index contributed by atoms with van der Waals surface area (Å²) in [6.45, 7) is 4.07. The Bertz CT molecular complexity index is 1230. The molecule has 0 unspecified atom stereocenters. The van der Waals surface area contributed by atoms with Gasteiger partial charge in [0, 0.05) is 24.5 Å². The lowest BCUT2D eigenvalue weighted by Gasteiger charge is -2.10. The van der Waals surface area contributed by atoms with Gasteiger partial charge in [0.05, 0.1) is 0 Å². The van der Waals surface area contributed by atoms with E-state index >= 15 is 0 Å². The second-order valence-corrected chi connectivity index (χ2v) is 7.53. The molecule has 29 heavy (non-hydrogen) atoms. The van der Waals surface area contributed by atoms with Crippen LogP contribution in [-0.4, -0.2) is 24.8 Å². The largest absolute Gasteiger partial charge is 0.350 e. The van der Waals surface area contributed by atoms with E-state index in [9.17, 15) is 9.59 Å². The first-order valence-electron chi connectivity index (χ1n) is 9.12. The molecule has 0 fully saturated rings. The van der Waals surface area contributed by atoms with Crippen molar-refractivity contribution in [2.24, 2.45) is 0 Å². The molecule has 1 N–H and O–H groups in total. The lowest BCUT2D eigenvalue weighted by Crippen LogP contribution is -2.33. The van der Waals surface area contributed by atoms with E-state index in [0.29, 0.717) is 28.3 Å². The quantitative estimate of drug-likeness (QED) is 0.551. The van der Waals surface area contributed by atoms with Gasteiger partial charge in [0.1, 0.15) is 28.3 Å². The molecule has 8 heteroatoms. The van der Waals surface area contributed by atoms with Crippen LogP contribution in [0.5, 0.6) is 0 Å². The summed E-state index contributed by atoms with van der Waals surface area (Å²) in [5, 5.41) is 2.85. The van der Waals surface area contributed by atoms with Crippen LogP contribution in [0.15, 0.2) is 53.6 Å². The number of aryl methyl sites for hydroxylation is 2. The van der Waals surface area contributed by atoms with E-state index < -0.39 is 0 Å². The second kappa shape index (κ2) is 7.92. The van der Waals surface area contributed by atoms with Gasteiger partial charge in [0.15, 0.2) is 0 Å². The number of carbonyl (C=O) groups excluding carboxylic acids is 1. The molecule has 1 amide bonds. The Kier molecular flexibility index (Phi) is 5.18. The fraction of sp³-hybridized carbons (Fsp3) is 0.190. The summed E-state index contributed by atoms with van der Waals surface area (Å²) in [7, 11) is 0. The molecular weight excluding hydrogens is 386 g/mol. The number of carbonyl (C=O) groups is 1. The minimum Gasteiger partial charge on any atom is -0.350 e. The number of nitrogens with zero attached hydrogens (tertiary/aromatic N) is 4. The van der Waals surface area contributed by atoms with Gasteiger partial charge in [-0.1, -0.05) is 29.8 Å². The lowest BCUT2D eigenvalue weighted by atomic mass is 10.1. The Morgan fingerprint density at radius 3 is 2.55 bits per heavy atom. The first-order chi connectivity index (χ1) is 14.0. The van der Waals surface area contributed by atoms with Gasteiger partial charge in [0.25, 0.3) is 5.56 Å². The van der Waals surface area contributed by atoms with E-state index in [1.807, 2.05) is 43.3 Å². The normalized spacial score (nSPS) is 11.0. The zero-order chi connectivity index (χ0) is 20.4. The fourth-order valence-electron chi connectivity index (χ4n) is 3.01. The van der Waals surface area contributed by atoms with Gasteiger partial charge >= 0.3 is 0 Å². The number of pyridine rings is 1. The van der Waals surface area contributed by atoms with Crippen LogP contribution in [0.2, 0.25) is 0 Å². The number of amides is 1. The molecule has 0 spiro atoms. The van der Waals surface area contributed by atoms with Gasteiger partial charge in [-0.3, -0.25) is 19.1 Å². The number of nitrogens with one attached hydrogen (secondary N) is 1. The molecule has 0 aliphatic rings. The minimum absolute atomic E-state index is 0.0814. The summed E-state index contributed by atoms with van der Waals surface area (Å²) >= 11 is 1.10. The average molecular weight is 405 g/mol. The maximum atomic E-state index is 12.9. The Balaban J connectivity index is 1.57. The number of hydrogen-bond donors (Lipinski definition) is 1. The summed E-state index contributed by atoms with van der Waals surface area (Å²) in [5.41, 5.74) is 3.98. The highest BCUT2D eigenvalue weighted by atomic mass is 32.1. The van der Waals surface area contributed by atoms with Gasteiger partial charge in [-0.25, -0.2) is 4.98 Å². The summed E-state index contributed by atoms with van der Waals surface area (Å²) in [6.07, 6.45) is 3.35. The van der Waals surface area contributed by atoms with E-state index in [1.165, 1.54) is 4.57 Å². The lowest BCUT2D eigenvalue weighted by molar-refractivity contribution is -0.121. The maximum Gasteiger partial charge on any atom is 0.273 e. The number of rotatable bonds is 5. The average Bonchev–Trinajstić information content (AvgIpc) is 3.15. The van der Waals surface area contributed by atoms with Crippen molar-refractivity contribution in [3.63, 3.8) is 0 Å². The van der Waals surface area contributed by atoms with Gasteiger partial charge in [-0.05, 0) is 43.1 Å². The Hall–Kier alpha value is -3.39. The molecule has 7 nitrogen and oxygen atoms in total. The molecule has 0 radical (unpaired) electrons. The second-order valence-electron chi connectivity index (χ2n) is 6.76. The van der Waals surface area contributed by atoms with Gasteiger partial charge < -0.3 is 5.32 Å². The Morgan fingerprint density at radius 1 is 1.10 bits per heavy atom. The Labute approximate surface area is 171 Å². The molecule has 1 aromatic carbocycles. The van der Waals surface area contributed by atoms with Crippen LogP contribution in [0, 0.1) is 13.8 Å². The van der Waals surface area contributed by atoms with Gasteiger partial charge in [0.2, 0.25) is 5.91 Å². The molecule has 3 aromatic heterocycles. The van der Waals surface area contributed by atoms with Crippen molar-refractivity contribution in [3.8, 4) is 11.3 Å². The number of benzene rings is 1. The minimum atomic E-state index is -0.254. The molecule has 146 valence electrons. The summed E-state index contributed by atoms with van der Waals surface area (Å²) in [6, 6.07) is 11.6. The van der Waals surface area contributed by atoms with E-state index in [4.69, 9.17) is 0 Å². The first-order valence-corrected chi connectivity index (χ1v) is 9.90. The summed E-state index contributed by atoms with van der Waals surface area (Å²) in [4.78, 5) is 33.9. The Morgan fingerprint density at radius 2 is 1.83 bits per heavy atom. The van der Waals surface area contributed by atoms with Crippen LogP contribution in [-0.2, 0) is 17.9 Å². The van der Waals surface area contributed by atoms with Crippen molar-refractivity contribution in [2.45, 2.75) is 26.9 Å². The van der Waals surface area contributed by atoms with Crippen LogP contribution < -0.4 is 10.9 Å². The highest BCUT2D eigenvalue weighted by molar-refractivity contribution is 7.13. The molecule has 0 saturated carbocycles. The third-order valence-corrected chi connectivity index (χ3v) is 5.46. The van der Waals surface area contributed by atoms with Crippen molar-refractivity contribution in [1.29, 1.82) is 0 Å². The fourth-order valence-corrected chi connectivity index (χ4v) is 3.80. The van der Waals surface area contributed by atoms with Gasteiger partial charge in [-0.2, -0.15) is 4.37 Å². The number of hydrogen-bond acceptors (Lipinski definition) is 6. The number of fused-ring (bicyclic) bond motifs is 1. The summed E-state index contributed by atoms with van der Waals surface area (Å²) < 4.78 is 6.24. The van der Waals surface area contributed by atoms with Gasteiger partial charge in [-0.15, -0.1) is 0 Å². The van der Waals surface area contributed by atoms with E-state index in [2.05, 4.69) is 19.7 Å². The van der Waals surface area contributed by atoms with Crippen molar-refractivity contribution in [2.75, 3.05) is 0 Å².